The maximum atomic E-state index is 6.14. The van der Waals surface area contributed by atoms with E-state index in [0.29, 0.717) is 5.02 Å². The van der Waals surface area contributed by atoms with Crippen LogP contribution in [0.5, 0.6) is 5.75 Å². The van der Waals surface area contributed by atoms with E-state index in [1.54, 1.807) is 0 Å². The molecule has 5 heteroatoms. The molecule has 3 rings (SSSR count). The van der Waals surface area contributed by atoms with E-state index >= 15 is 0 Å². The topological polar surface area (TPSA) is 30.3 Å². The number of halogens is 1. The summed E-state index contributed by atoms with van der Waals surface area (Å²) in [6, 6.07) is 7.68. The van der Waals surface area contributed by atoms with Crippen molar-refractivity contribution in [3.05, 3.63) is 47.5 Å². The van der Waals surface area contributed by atoms with E-state index in [9.17, 15) is 0 Å². The average Bonchev–Trinajstić information content (AvgIpc) is 2.89. The summed E-state index contributed by atoms with van der Waals surface area (Å²) in [5, 5.41) is 0.688. The molecule has 0 atom stereocenters. The lowest BCUT2D eigenvalue weighted by Crippen LogP contribution is -2.38. The number of nitrogens with zero attached hydrogens (tertiary/aromatic N) is 3. The van der Waals surface area contributed by atoms with Crippen LogP contribution < -0.4 is 4.74 Å². The quantitative estimate of drug-likeness (QED) is 0.869. The first-order chi connectivity index (χ1) is 10.2. The first-order valence-corrected chi connectivity index (χ1v) is 7.70. The Balaban J connectivity index is 1.51. The Hall–Kier alpha value is -1.52. The molecule has 1 aliphatic heterocycles. The third-order valence-corrected chi connectivity index (χ3v) is 4.26. The fourth-order valence-electron chi connectivity index (χ4n) is 2.65. The second-order valence-electron chi connectivity index (χ2n) is 5.48. The van der Waals surface area contributed by atoms with Gasteiger partial charge in [-0.2, -0.15) is 0 Å². The minimum absolute atomic E-state index is 0.252. The third-order valence-electron chi connectivity index (χ3n) is 3.95. The van der Waals surface area contributed by atoms with Gasteiger partial charge in [-0.25, -0.2) is 4.98 Å². The van der Waals surface area contributed by atoms with Gasteiger partial charge in [0, 0.05) is 32.5 Å². The molecule has 0 amide bonds. The number of aromatic nitrogens is 2. The molecule has 0 unspecified atom stereocenters. The highest BCUT2D eigenvalue weighted by Crippen LogP contribution is 2.26. The number of rotatable bonds is 4. The number of hydrogen-bond acceptors (Lipinski definition) is 3. The summed E-state index contributed by atoms with van der Waals surface area (Å²) in [6.45, 7) is 2.96. The van der Waals surface area contributed by atoms with E-state index in [-0.39, 0.29) is 6.10 Å². The molecule has 1 aliphatic rings. The van der Waals surface area contributed by atoms with E-state index < -0.39 is 0 Å². The van der Waals surface area contributed by atoms with Gasteiger partial charge in [-0.1, -0.05) is 23.7 Å². The van der Waals surface area contributed by atoms with E-state index in [1.165, 1.54) is 0 Å². The maximum absolute atomic E-state index is 6.14. The van der Waals surface area contributed by atoms with Gasteiger partial charge in [0.1, 0.15) is 17.7 Å². The van der Waals surface area contributed by atoms with Gasteiger partial charge >= 0.3 is 0 Å². The molecule has 0 aliphatic carbocycles. The summed E-state index contributed by atoms with van der Waals surface area (Å²) in [6.07, 6.45) is 6.14. The lowest BCUT2D eigenvalue weighted by molar-refractivity contribution is 0.0950. The highest BCUT2D eigenvalue weighted by molar-refractivity contribution is 6.32. The summed E-state index contributed by atoms with van der Waals surface area (Å²) in [5.74, 6) is 1.90. The fraction of sp³-hybridized carbons (Fsp3) is 0.438. The van der Waals surface area contributed by atoms with Crippen LogP contribution in [-0.4, -0.2) is 33.6 Å². The van der Waals surface area contributed by atoms with Crippen molar-refractivity contribution in [1.29, 1.82) is 0 Å². The molecule has 0 spiro atoms. The minimum Gasteiger partial charge on any atom is -0.489 e. The average molecular weight is 306 g/mol. The zero-order chi connectivity index (χ0) is 14.7. The van der Waals surface area contributed by atoms with Crippen LogP contribution in [0.2, 0.25) is 5.02 Å². The highest BCUT2D eigenvalue weighted by atomic mass is 35.5. The van der Waals surface area contributed by atoms with Gasteiger partial charge in [0.2, 0.25) is 0 Å². The minimum atomic E-state index is 0.252. The number of ether oxygens (including phenoxy) is 1. The number of likely N-dealkylation sites (tertiary alicyclic amines) is 1. The van der Waals surface area contributed by atoms with Gasteiger partial charge < -0.3 is 9.30 Å². The van der Waals surface area contributed by atoms with Gasteiger partial charge in [0.25, 0.3) is 0 Å². The number of piperidine rings is 1. The van der Waals surface area contributed by atoms with Crippen molar-refractivity contribution in [3.63, 3.8) is 0 Å². The Labute approximate surface area is 130 Å². The Morgan fingerprint density at radius 1 is 1.29 bits per heavy atom. The largest absolute Gasteiger partial charge is 0.489 e. The van der Waals surface area contributed by atoms with Crippen LogP contribution in [0.4, 0.5) is 0 Å². The number of benzene rings is 1. The molecular formula is C16H20ClN3O. The Morgan fingerprint density at radius 3 is 2.71 bits per heavy atom. The zero-order valence-corrected chi connectivity index (χ0v) is 13.0. The Kier molecular flexibility index (Phi) is 4.46. The summed E-state index contributed by atoms with van der Waals surface area (Å²) in [5.41, 5.74) is 0. The summed E-state index contributed by atoms with van der Waals surface area (Å²) in [7, 11) is 2.04. The molecule has 1 aromatic heterocycles. The van der Waals surface area contributed by atoms with Crippen LogP contribution in [0.1, 0.15) is 18.7 Å². The van der Waals surface area contributed by atoms with Crippen molar-refractivity contribution >= 4 is 11.6 Å². The lowest BCUT2D eigenvalue weighted by atomic mass is 10.1. The molecule has 1 saturated heterocycles. The second kappa shape index (κ2) is 6.50. The molecule has 0 radical (unpaired) electrons. The van der Waals surface area contributed by atoms with Crippen LogP contribution in [0.3, 0.4) is 0 Å². The van der Waals surface area contributed by atoms with Crippen LogP contribution >= 0.6 is 11.6 Å². The van der Waals surface area contributed by atoms with Gasteiger partial charge in [-0.3, -0.25) is 4.90 Å². The lowest BCUT2D eigenvalue weighted by Gasteiger charge is -2.32. The van der Waals surface area contributed by atoms with E-state index in [2.05, 4.69) is 14.5 Å². The zero-order valence-electron chi connectivity index (χ0n) is 12.2. The van der Waals surface area contributed by atoms with Crippen LogP contribution in [0, 0.1) is 0 Å². The number of para-hydroxylation sites is 1. The van der Waals surface area contributed by atoms with Crippen LogP contribution in [0.15, 0.2) is 36.7 Å². The van der Waals surface area contributed by atoms with Gasteiger partial charge in [0.05, 0.1) is 11.6 Å². The third kappa shape index (κ3) is 3.57. The van der Waals surface area contributed by atoms with E-state index in [4.69, 9.17) is 16.3 Å². The van der Waals surface area contributed by atoms with Gasteiger partial charge in [-0.05, 0) is 25.0 Å². The van der Waals surface area contributed by atoms with Crippen molar-refractivity contribution in [2.45, 2.75) is 25.5 Å². The SMILES string of the molecule is Cn1ccnc1CN1CCC(Oc2ccccc2Cl)CC1. The molecule has 2 aromatic rings. The molecule has 0 N–H and O–H groups in total. The summed E-state index contributed by atoms with van der Waals surface area (Å²) < 4.78 is 8.09. The van der Waals surface area contributed by atoms with Crippen molar-refractivity contribution < 1.29 is 4.74 Å². The molecule has 0 bridgehead atoms. The molecular weight excluding hydrogens is 286 g/mol. The normalized spacial score (nSPS) is 17.0. The molecule has 1 fully saturated rings. The number of aryl methyl sites for hydroxylation is 1. The molecule has 1 aromatic carbocycles. The maximum Gasteiger partial charge on any atom is 0.138 e. The first kappa shape index (κ1) is 14.4. The second-order valence-corrected chi connectivity index (χ2v) is 5.89. The molecule has 0 saturated carbocycles. The van der Waals surface area contributed by atoms with Crippen molar-refractivity contribution in [2.75, 3.05) is 13.1 Å². The summed E-state index contributed by atoms with van der Waals surface area (Å²) >= 11 is 6.14. The number of imidazole rings is 1. The van der Waals surface area contributed by atoms with Gasteiger partial charge in [-0.15, -0.1) is 0 Å². The molecule has 2 heterocycles. The molecule has 112 valence electrons. The van der Waals surface area contributed by atoms with E-state index in [1.807, 2.05) is 43.7 Å². The smallest absolute Gasteiger partial charge is 0.138 e. The first-order valence-electron chi connectivity index (χ1n) is 7.32. The standard InChI is InChI=1S/C16H20ClN3O/c1-19-11-8-18-16(19)12-20-9-6-13(7-10-20)21-15-5-3-2-4-14(15)17/h2-5,8,11,13H,6-7,9-10,12H2,1H3. The van der Waals surface area contributed by atoms with Crippen molar-refractivity contribution in [2.24, 2.45) is 7.05 Å². The van der Waals surface area contributed by atoms with Crippen LogP contribution in [-0.2, 0) is 13.6 Å². The Bertz CT molecular complexity index is 591. The Morgan fingerprint density at radius 2 is 2.05 bits per heavy atom. The van der Waals surface area contributed by atoms with Crippen molar-refractivity contribution in [1.82, 2.24) is 14.5 Å². The number of hydrogen-bond donors (Lipinski definition) is 0. The van der Waals surface area contributed by atoms with Crippen molar-refractivity contribution in [3.8, 4) is 5.75 Å². The molecule has 4 nitrogen and oxygen atoms in total. The fourth-order valence-corrected chi connectivity index (χ4v) is 2.83. The summed E-state index contributed by atoms with van der Waals surface area (Å²) in [4.78, 5) is 6.81. The van der Waals surface area contributed by atoms with Crippen LogP contribution in [0.25, 0.3) is 0 Å². The van der Waals surface area contributed by atoms with E-state index in [0.717, 1.165) is 44.0 Å². The monoisotopic (exact) mass is 305 g/mol. The van der Waals surface area contributed by atoms with Gasteiger partial charge in [0.15, 0.2) is 0 Å². The highest BCUT2D eigenvalue weighted by Gasteiger charge is 2.22. The molecule has 21 heavy (non-hydrogen) atoms. The predicted molar refractivity (Wildman–Crippen MR) is 83.6 cm³/mol. The predicted octanol–water partition coefficient (Wildman–Crippen LogP) is 3.12.